The molecule has 2 aromatic heterocycles. The fourth-order valence-electron chi connectivity index (χ4n) is 0.944. The van der Waals surface area contributed by atoms with E-state index in [0.717, 1.165) is 4.88 Å². The van der Waals surface area contributed by atoms with Gasteiger partial charge in [-0.1, -0.05) is 11.6 Å². The maximum absolute atomic E-state index is 5.82. The monoisotopic (exact) mass is 226 g/mol. The smallest absolute Gasteiger partial charge is 0.171 e. The maximum Gasteiger partial charge on any atom is 0.171 e. The van der Waals surface area contributed by atoms with Crippen LogP contribution in [0.1, 0.15) is 4.88 Å². The maximum atomic E-state index is 5.82. The quantitative estimate of drug-likeness (QED) is 0.872. The van der Waals surface area contributed by atoms with Crippen LogP contribution in [0.2, 0.25) is 5.15 Å². The third-order valence-electron chi connectivity index (χ3n) is 1.57. The fourth-order valence-corrected chi connectivity index (χ4v) is 1.63. The molecule has 0 amide bonds. The van der Waals surface area contributed by atoms with Gasteiger partial charge in [-0.15, -0.1) is 0 Å². The van der Waals surface area contributed by atoms with Crippen LogP contribution in [0.25, 0.3) is 0 Å². The van der Waals surface area contributed by atoms with E-state index in [0.29, 0.717) is 17.5 Å². The number of hydrogen-bond acceptors (Lipinski definition) is 5. The molecule has 1 N–H and O–H groups in total. The highest BCUT2D eigenvalue weighted by Crippen LogP contribution is 2.15. The zero-order chi connectivity index (χ0) is 9.80. The van der Waals surface area contributed by atoms with Gasteiger partial charge in [0.1, 0.15) is 0 Å². The highest BCUT2D eigenvalue weighted by molar-refractivity contribution is 7.05. The Bertz CT molecular complexity index is 403. The first-order valence-electron chi connectivity index (χ1n) is 3.96. The van der Waals surface area contributed by atoms with Crippen LogP contribution in [0.5, 0.6) is 0 Å². The Balaban J connectivity index is 2.02. The topological polar surface area (TPSA) is 50.7 Å². The standard InChI is InChI=1S/C8H7ClN4S/c9-7-8(11-4-3-10-7)12-5-6-1-2-13-14-6/h1-4H,5H2,(H,11,12). The van der Waals surface area contributed by atoms with Gasteiger partial charge in [0.05, 0.1) is 6.54 Å². The molecule has 0 aliphatic carbocycles. The SMILES string of the molecule is Clc1nccnc1NCc1ccns1. The molecule has 0 aliphatic rings. The summed E-state index contributed by atoms with van der Waals surface area (Å²) < 4.78 is 3.99. The Labute approximate surface area is 90.1 Å². The van der Waals surface area contributed by atoms with E-state index in [4.69, 9.17) is 11.6 Å². The van der Waals surface area contributed by atoms with Gasteiger partial charge >= 0.3 is 0 Å². The molecule has 0 bridgehead atoms. The average Bonchev–Trinajstić information content (AvgIpc) is 2.69. The molecule has 0 aromatic carbocycles. The van der Waals surface area contributed by atoms with Crippen molar-refractivity contribution in [2.75, 3.05) is 5.32 Å². The average molecular weight is 227 g/mol. The second-order valence-corrected chi connectivity index (χ2v) is 3.80. The Morgan fingerprint density at radius 1 is 1.29 bits per heavy atom. The van der Waals surface area contributed by atoms with Crippen molar-refractivity contribution in [3.63, 3.8) is 0 Å². The van der Waals surface area contributed by atoms with Crippen molar-refractivity contribution in [1.82, 2.24) is 14.3 Å². The minimum atomic E-state index is 0.386. The van der Waals surface area contributed by atoms with Gasteiger partial charge in [-0.25, -0.2) is 14.3 Å². The van der Waals surface area contributed by atoms with Crippen LogP contribution >= 0.6 is 23.1 Å². The second kappa shape index (κ2) is 4.34. The van der Waals surface area contributed by atoms with E-state index in [1.807, 2.05) is 6.07 Å². The van der Waals surface area contributed by atoms with Gasteiger partial charge in [0.15, 0.2) is 11.0 Å². The fraction of sp³-hybridized carbons (Fsp3) is 0.125. The molecule has 0 atom stereocenters. The van der Waals surface area contributed by atoms with Crippen molar-refractivity contribution in [3.05, 3.63) is 34.7 Å². The van der Waals surface area contributed by atoms with Gasteiger partial charge in [-0.2, -0.15) is 0 Å². The van der Waals surface area contributed by atoms with Gasteiger partial charge in [0.25, 0.3) is 0 Å². The molecule has 0 unspecified atom stereocenters. The number of rotatable bonds is 3. The van der Waals surface area contributed by atoms with Crippen LogP contribution < -0.4 is 5.32 Å². The highest BCUT2D eigenvalue weighted by atomic mass is 35.5. The normalized spacial score (nSPS) is 10.1. The van der Waals surface area contributed by atoms with Gasteiger partial charge in [-0.3, -0.25) is 0 Å². The molecule has 0 fully saturated rings. The first kappa shape index (κ1) is 9.36. The zero-order valence-corrected chi connectivity index (χ0v) is 8.72. The summed E-state index contributed by atoms with van der Waals surface area (Å²) in [4.78, 5) is 9.09. The molecule has 0 spiro atoms. The van der Waals surface area contributed by atoms with Crippen LogP contribution in [-0.4, -0.2) is 14.3 Å². The summed E-state index contributed by atoms with van der Waals surface area (Å²) in [6.07, 6.45) is 4.92. The van der Waals surface area contributed by atoms with Crippen LogP contribution in [0, 0.1) is 0 Å². The number of nitrogens with one attached hydrogen (secondary N) is 1. The van der Waals surface area contributed by atoms with Crippen molar-refractivity contribution < 1.29 is 0 Å². The molecular weight excluding hydrogens is 220 g/mol. The minimum Gasteiger partial charge on any atom is -0.363 e. The lowest BCUT2D eigenvalue weighted by molar-refractivity contribution is 1.11. The van der Waals surface area contributed by atoms with E-state index in [1.54, 1.807) is 18.6 Å². The molecule has 6 heteroatoms. The zero-order valence-electron chi connectivity index (χ0n) is 7.14. The molecule has 2 aromatic rings. The van der Waals surface area contributed by atoms with Crippen LogP contribution in [0.3, 0.4) is 0 Å². The molecule has 0 aliphatic heterocycles. The lowest BCUT2D eigenvalue weighted by Crippen LogP contribution is -2.00. The van der Waals surface area contributed by atoms with E-state index >= 15 is 0 Å². The number of aromatic nitrogens is 3. The molecule has 72 valence electrons. The third kappa shape index (κ3) is 2.18. The minimum absolute atomic E-state index is 0.386. The summed E-state index contributed by atoms with van der Waals surface area (Å²) in [7, 11) is 0. The van der Waals surface area contributed by atoms with E-state index in [-0.39, 0.29) is 0 Å². The third-order valence-corrected chi connectivity index (χ3v) is 2.59. The lowest BCUT2D eigenvalue weighted by atomic mass is 10.5. The van der Waals surface area contributed by atoms with E-state index in [1.165, 1.54) is 11.5 Å². The molecule has 0 saturated heterocycles. The van der Waals surface area contributed by atoms with Crippen molar-refractivity contribution in [1.29, 1.82) is 0 Å². The Kier molecular flexibility index (Phi) is 2.90. The number of nitrogens with zero attached hydrogens (tertiary/aromatic N) is 3. The van der Waals surface area contributed by atoms with Crippen LogP contribution in [0.15, 0.2) is 24.7 Å². The highest BCUT2D eigenvalue weighted by Gasteiger charge is 2.01. The molecular formula is C8H7ClN4S. The number of hydrogen-bond donors (Lipinski definition) is 1. The number of halogens is 1. The van der Waals surface area contributed by atoms with Gasteiger partial charge in [-0.05, 0) is 17.6 Å². The van der Waals surface area contributed by atoms with E-state index in [2.05, 4.69) is 19.7 Å². The first-order chi connectivity index (χ1) is 6.86. The van der Waals surface area contributed by atoms with Gasteiger partial charge in [0, 0.05) is 23.5 Å². The van der Waals surface area contributed by atoms with Crippen molar-refractivity contribution in [3.8, 4) is 0 Å². The van der Waals surface area contributed by atoms with Crippen LogP contribution in [0.4, 0.5) is 5.82 Å². The molecule has 2 heterocycles. The van der Waals surface area contributed by atoms with Crippen LogP contribution in [-0.2, 0) is 6.54 Å². The second-order valence-electron chi connectivity index (χ2n) is 2.53. The Morgan fingerprint density at radius 2 is 2.14 bits per heavy atom. The van der Waals surface area contributed by atoms with Gasteiger partial charge in [0.2, 0.25) is 0 Å². The lowest BCUT2D eigenvalue weighted by Gasteiger charge is -2.03. The molecule has 0 saturated carbocycles. The van der Waals surface area contributed by atoms with Crippen molar-refractivity contribution >= 4 is 29.0 Å². The predicted molar refractivity (Wildman–Crippen MR) is 56.5 cm³/mol. The number of anilines is 1. The summed E-state index contributed by atoms with van der Waals surface area (Å²) in [5, 5.41) is 3.47. The Hall–Kier alpha value is -1.20. The van der Waals surface area contributed by atoms with Gasteiger partial charge < -0.3 is 5.32 Å². The van der Waals surface area contributed by atoms with Crippen molar-refractivity contribution in [2.45, 2.75) is 6.54 Å². The van der Waals surface area contributed by atoms with E-state index < -0.39 is 0 Å². The summed E-state index contributed by atoms with van der Waals surface area (Å²) in [5.41, 5.74) is 0. The largest absolute Gasteiger partial charge is 0.363 e. The molecule has 14 heavy (non-hydrogen) atoms. The Morgan fingerprint density at radius 3 is 2.86 bits per heavy atom. The molecule has 4 nitrogen and oxygen atoms in total. The molecule has 2 rings (SSSR count). The summed E-state index contributed by atoms with van der Waals surface area (Å²) in [5.74, 6) is 0.600. The predicted octanol–water partition coefficient (Wildman–Crippen LogP) is 2.20. The summed E-state index contributed by atoms with van der Waals surface area (Å²) >= 11 is 7.26. The van der Waals surface area contributed by atoms with Crippen molar-refractivity contribution in [2.24, 2.45) is 0 Å². The van der Waals surface area contributed by atoms with E-state index in [9.17, 15) is 0 Å². The summed E-state index contributed by atoms with van der Waals surface area (Å²) in [6, 6.07) is 1.95. The molecule has 0 radical (unpaired) electrons. The first-order valence-corrected chi connectivity index (χ1v) is 5.11. The summed E-state index contributed by atoms with van der Waals surface area (Å²) in [6.45, 7) is 0.670.